The average molecular weight is 539 g/mol. The Labute approximate surface area is 255 Å². The molecule has 0 saturated carbocycles. The maximum atomic E-state index is 9.34. The minimum atomic E-state index is -1.33. The molecule has 0 unspecified atom stereocenters. The van der Waals surface area contributed by atoms with Crippen LogP contribution in [0.15, 0.2) is 139 Å². The molecule has 0 atom stereocenters. The number of para-hydroxylation sites is 3. The van der Waals surface area contributed by atoms with E-state index in [1.165, 1.54) is 0 Å². The van der Waals surface area contributed by atoms with Crippen molar-refractivity contribution in [1.29, 1.82) is 0 Å². The summed E-state index contributed by atoms with van der Waals surface area (Å²) in [5, 5.41) is 1.80. The number of fused-ring (bicyclic) bond motifs is 5. The third kappa shape index (κ3) is 3.72. The van der Waals surface area contributed by atoms with E-state index in [2.05, 4.69) is 4.57 Å². The number of benzene rings is 6. The molecule has 1 aliphatic rings. The van der Waals surface area contributed by atoms with Crippen LogP contribution in [0.5, 0.6) is 11.5 Å². The number of hydrogen-bond acceptors (Lipinski definition) is 1. The van der Waals surface area contributed by atoms with E-state index in [4.69, 9.17) is 18.4 Å². The third-order valence-electron chi connectivity index (χ3n) is 7.74. The highest BCUT2D eigenvalue weighted by Crippen LogP contribution is 2.48. The summed E-state index contributed by atoms with van der Waals surface area (Å²) < 4.78 is 105. The molecule has 2 heterocycles. The summed E-state index contributed by atoms with van der Waals surface area (Å²) in [6, 6.07) is 18.3. The van der Waals surface area contributed by atoms with Crippen LogP contribution in [-0.4, -0.2) is 4.57 Å². The van der Waals surface area contributed by atoms with Gasteiger partial charge in [0.05, 0.1) is 26.1 Å². The summed E-state index contributed by atoms with van der Waals surface area (Å²) in [4.78, 5) is 0. The Morgan fingerprint density at radius 2 is 1.24 bits per heavy atom. The van der Waals surface area contributed by atoms with Crippen molar-refractivity contribution in [2.24, 2.45) is 0 Å². The van der Waals surface area contributed by atoms with Gasteiger partial charge >= 0.3 is 0 Å². The fourth-order valence-corrected chi connectivity index (χ4v) is 5.65. The number of hydrogen-bond donors (Lipinski definition) is 0. The molecule has 0 bridgehead atoms. The van der Waals surface area contributed by atoms with Gasteiger partial charge in [-0.1, -0.05) is 105 Å². The van der Waals surface area contributed by atoms with E-state index in [-0.39, 0.29) is 63.5 Å². The van der Waals surface area contributed by atoms with E-state index in [0.29, 0.717) is 5.56 Å². The lowest BCUT2D eigenvalue weighted by molar-refractivity contribution is 0.418. The molecule has 2 heteroatoms. The van der Waals surface area contributed by atoms with Gasteiger partial charge in [-0.25, -0.2) is 0 Å². The summed E-state index contributed by atoms with van der Waals surface area (Å²) >= 11 is 0. The molecule has 41 heavy (non-hydrogen) atoms. The minimum absolute atomic E-state index is 0.0437. The van der Waals surface area contributed by atoms with Gasteiger partial charge < -0.3 is 9.30 Å². The molecule has 8 rings (SSSR count). The van der Waals surface area contributed by atoms with Gasteiger partial charge in [0.2, 0.25) is 0 Å². The monoisotopic (exact) mass is 538 g/mol. The molecular formula is C39H29NO. The highest BCUT2D eigenvalue weighted by Gasteiger charge is 2.34. The van der Waals surface area contributed by atoms with Gasteiger partial charge in [0.15, 0.2) is 0 Å². The van der Waals surface area contributed by atoms with E-state index in [9.17, 15) is 1.37 Å². The molecule has 0 N–H and O–H groups in total. The molecule has 1 aromatic heterocycles. The summed E-state index contributed by atoms with van der Waals surface area (Å²) in [6.45, 7) is 3.25. The SMILES string of the molecule is [2H]c1c([2H])c([2H])c2c(c1[2H])Oc1c([2H])c([2H])c(-c3c([2H])c([2H])c(-c4ccc5c(c4)c4ccccc4n5-c4ccccc4)c([2H])c3[2H])c([2H])c1C2(C)C. The van der Waals surface area contributed by atoms with Crippen molar-refractivity contribution < 1.29 is 19.8 Å². The Bertz CT molecular complexity index is 2670. The fourth-order valence-electron chi connectivity index (χ4n) is 5.65. The lowest BCUT2D eigenvalue weighted by Crippen LogP contribution is -2.24. The second kappa shape index (κ2) is 8.97. The van der Waals surface area contributed by atoms with Crippen molar-refractivity contribution in [3.05, 3.63) is 150 Å². The van der Waals surface area contributed by atoms with E-state index in [0.717, 1.165) is 27.5 Å². The first-order valence-corrected chi connectivity index (χ1v) is 13.3. The maximum Gasteiger partial charge on any atom is 0.131 e. The van der Waals surface area contributed by atoms with E-state index >= 15 is 0 Å². The molecular weight excluding hydrogens is 498 g/mol. The van der Waals surface area contributed by atoms with Crippen molar-refractivity contribution >= 4 is 21.8 Å². The van der Waals surface area contributed by atoms with Gasteiger partial charge in [-0.05, 0) is 70.7 Å². The van der Waals surface area contributed by atoms with Crippen LogP contribution < -0.4 is 4.74 Å². The molecule has 2 nitrogen and oxygen atoms in total. The zero-order chi connectivity index (χ0) is 37.1. The molecule has 0 fully saturated rings. The van der Waals surface area contributed by atoms with Gasteiger partial charge in [-0.15, -0.1) is 0 Å². The van der Waals surface area contributed by atoms with Crippen molar-refractivity contribution in [3.8, 4) is 39.4 Å². The third-order valence-corrected chi connectivity index (χ3v) is 7.74. The van der Waals surface area contributed by atoms with Gasteiger partial charge in [-0.2, -0.15) is 0 Å². The first kappa shape index (κ1) is 15.1. The Balaban J connectivity index is 1.34. The highest BCUT2D eigenvalue weighted by molar-refractivity contribution is 6.10. The van der Waals surface area contributed by atoms with Crippen LogP contribution in [0.2, 0.25) is 0 Å². The first-order valence-electron chi connectivity index (χ1n) is 18.8. The molecule has 0 radical (unpaired) electrons. The first-order chi connectivity index (χ1) is 24.7. The number of rotatable bonds is 3. The molecule has 1 aliphatic heterocycles. The van der Waals surface area contributed by atoms with Crippen LogP contribution in [0.1, 0.15) is 40.1 Å². The van der Waals surface area contributed by atoms with Crippen molar-refractivity contribution in [2.45, 2.75) is 19.3 Å². The lowest BCUT2D eigenvalue weighted by atomic mass is 9.75. The Morgan fingerprint density at radius 1 is 0.585 bits per heavy atom. The predicted molar refractivity (Wildman–Crippen MR) is 170 cm³/mol. The smallest absolute Gasteiger partial charge is 0.131 e. The number of aromatic nitrogens is 1. The second-order valence-corrected chi connectivity index (χ2v) is 10.6. The van der Waals surface area contributed by atoms with Gasteiger partial charge in [0.1, 0.15) is 11.5 Å². The Kier molecular flexibility index (Phi) is 3.30. The quantitative estimate of drug-likeness (QED) is 0.218. The zero-order valence-corrected chi connectivity index (χ0v) is 22.3. The fraction of sp³-hybridized carbons (Fsp3) is 0.0769. The average Bonchev–Trinajstić information content (AvgIpc) is 3.46. The summed E-state index contributed by atoms with van der Waals surface area (Å²) in [5.41, 5.74) is 1.50. The lowest BCUT2D eigenvalue weighted by Gasteiger charge is -2.34. The molecule has 0 aliphatic carbocycles. The summed E-state index contributed by atoms with van der Waals surface area (Å²) in [6.07, 6.45) is 0. The molecule has 6 aromatic carbocycles. The standard InChI is InChI=1S/C39H29NO/c1-39(2)33-13-7-9-15-37(33)41-38-23-21-29(25-34(38)39)27-18-16-26(17-19-27)28-20-22-36-32(24-28)31-12-6-8-14-35(31)40(36)30-10-4-3-5-11-30/h3-25H,1-2H3/i7D,9D,13D,15D,16D,17D,18D,19D,21D,23D,25D. The normalized spacial score (nSPS) is 17.3. The van der Waals surface area contributed by atoms with Crippen molar-refractivity contribution in [2.75, 3.05) is 0 Å². The molecule has 0 spiro atoms. The van der Waals surface area contributed by atoms with Crippen LogP contribution in [0.3, 0.4) is 0 Å². The van der Waals surface area contributed by atoms with Crippen LogP contribution in [0.4, 0.5) is 0 Å². The van der Waals surface area contributed by atoms with Gasteiger partial charge in [0, 0.05) is 33.0 Å². The van der Waals surface area contributed by atoms with Crippen molar-refractivity contribution in [1.82, 2.24) is 4.57 Å². The maximum absolute atomic E-state index is 9.34. The highest BCUT2D eigenvalue weighted by atomic mass is 16.5. The second-order valence-electron chi connectivity index (χ2n) is 10.6. The molecule has 196 valence electrons. The van der Waals surface area contributed by atoms with Crippen molar-refractivity contribution in [3.63, 3.8) is 0 Å². The van der Waals surface area contributed by atoms with Crippen LogP contribution in [0, 0.1) is 0 Å². The van der Waals surface area contributed by atoms with Gasteiger partial charge in [-0.3, -0.25) is 0 Å². The summed E-state index contributed by atoms with van der Waals surface area (Å²) in [7, 11) is 0. The predicted octanol–water partition coefficient (Wildman–Crippen LogP) is 10.5. The van der Waals surface area contributed by atoms with Crippen LogP contribution >= 0.6 is 0 Å². The molecule has 7 aromatic rings. The number of ether oxygens (including phenoxy) is 1. The minimum Gasteiger partial charge on any atom is -0.457 e. The summed E-state index contributed by atoms with van der Waals surface area (Å²) in [5.74, 6) is -0.419. The van der Waals surface area contributed by atoms with Crippen LogP contribution in [-0.2, 0) is 5.41 Å². The Hall–Kier alpha value is -5.08. The van der Waals surface area contributed by atoms with E-state index < -0.39 is 47.7 Å². The molecule has 0 amide bonds. The topological polar surface area (TPSA) is 14.2 Å². The van der Waals surface area contributed by atoms with Crippen LogP contribution in [0.25, 0.3) is 49.7 Å². The zero-order valence-electron chi connectivity index (χ0n) is 33.3. The Morgan fingerprint density at radius 3 is 2.07 bits per heavy atom. The number of nitrogens with zero attached hydrogens (tertiary/aromatic N) is 1. The largest absolute Gasteiger partial charge is 0.457 e. The van der Waals surface area contributed by atoms with E-state index in [1.807, 2.05) is 66.7 Å². The van der Waals surface area contributed by atoms with E-state index in [1.54, 1.807) is 19.9 Å². The molecule has 0 saturated heterocycles. The van der Waals surface area contributed by atoms with Gasteiger partial charge in [0.25, 0.3) is 0 Å².